The van der Waals surface area contributed by atoms with Crippen LogP contribution in [-0.2, 0) is 16.1 Å². The molecule has 1 aromatic carbocycles. The number of aryl methyl sites for hydroxylation is 1. The third-order valence-corrected chi connectivity index (χ3v) is 3.84. The number of carbonyl (C=O) groups excluding carboxylic acids is 2. The number of carbonyl (C=O) groups is 2. The van der Waals surface area contributed by atoms with Gasteiger partial charge < -0.3 is 10.6 Å². The van der Waals surface area contributed by atoms with Crippen LogP contribution in [0.25, 0.3) is 11.4 Å². The molecule has 2 amide bonds. The molecule has 8 heteroatoms. The lowest BCUT2D eigenvalue weighted by atomic mass is 10.1. The van der Waals surface area contributed by atoms with Crippen molar-refractivity contribution in [3.63, 3.8) is 0 Å². The summed E-state index contributed by atoms with van der Waals surface area (Å²) in [5, 5.41) is 12.3. The molecule has 0 bridgehead atoms. The van der Waals surface area contributed by atoms with Crippen molar-refractivity contribution < 1.29 is 9.59 Å². The number of amides is 2. The first-order valence-electron chi connectivity index (χ1n) is 8.15. The second-order valence-corrected chi connectivity index (χ2v) is 6.51. The normalized spacial score (nSPS) is 10.7. The third kappa shape index (κ3) is 5.53. The van der Waals surface area contributed by atoms with Crippen molar-refractivity contribution >= 4 is 24.0 Å². The van der Waals surface area contributed by atoms with Gasteiger partial charge in [-0.15, -0.1) is 0 Å². The molecule has 0 atom stereocenters. The molecule has 1 aromatic heterocycles. The van der Waals surface area contributed by atoms with Gasteiger partial charge in [0.2, 0.25) is 11.8 Å². The topological polar surface area (TPSA) is 91.8 Å². The highest BCUT2D eigenvalue weighted by Gasteiger charge is 2.11. The molecule has 0 fully saturated rings. The number of rotatable bonds is 7. The van der Waals surface area contributed by atoms with Crippen molar-refractivity contribution in [3.05, 3.63) is 34.6 Å². The van der Waals surface area contributed by atoms with E-state index in [9.17, 15) is 9.59 Å². The first-order valence-corrected chi connectivity index (χ1v) is 8.56. The van der Waals surface area contributed by atoms with E-state index in [1.54, 1.807) is 4.57 Å². The summed E-state index contributed by atoms with van der Waals surface area (Å²) in [6.45, 7) is 6.11. The smallest absolute Gasteiger partial charge is 0.239 e. The largest absolute Gasteiger partial charge is 0.352 e. The molecule has 1 heterocycles. The molecule has 0 aliphatic heterocycles. The van der Waals surface area contributed by atoms with E-state index >= 15 is 0 Å². The number of nitrogens with one attached hydrogen (secondary N) is 3. The molecule has 0 aliphatic rings. The Bertz CT molecular complexity index is 792. The van der Waals surface area contributed by atoms with Crippen molar-refractivity contribution in [2.45, 2.75) is 39.8 Å². The second kappa shape index (κ2) is 8.57. The van der Waals surface area contributed by atoms with E-state index in [0.29, 0.717) is 17.1 Å². The first kappa shape index (κ1) is 18.9. The van der Waals surface area contributed by atoms with Crippen LogP contribution in [0, 0.1) is 11.7 Å². The maximum Gasteiger partial charge on any atom is 0.239 e. The number of H-pyrrole nitrogens is 1. The highest BCUT2D eigenvalue weighted by atomic mass is 32.1. The van der Waals surface area contributed by atoms with Crippen molar-refractivity contribution in [1.29, 1.82) is 0 Å². The summed E-state index contributed by atoms with van der Waals surface area (Å²) in [6, 6.07) is 7.97. The van der Waals surface area contributed by atoms with E-state index in [-0.39, 0.29) is 30.8 Å². The summed E-state index contributed by atoms with van der Waals surface area (Å²) in [5.74, 6) is 0.274. The molecule has 0 aliphatic carbocycles. The first-order chi connectivity index (χ1) is 11.9. The lowest BCUT2D eigenvalue weighted by Crippen LogP contribution is -2.40. The molecule has 2 rings (SSSR count). The monoisotopic (exact) mass is 361 g/mol. The highest BCUT2D eigenvalue weighted by molar-refractivity contribution is 7.71. The molecule has 134 valence electrons. The number of nitrogens with zero attached hydrogens (tertiary/aromatic N) is 2. The molecule has 0 unspecified atom stereocenters. The number of aromatic amines is 1. The van der Waals surface area contributed by atoms with Crippen LogP contribution in [-0.4, -0.2) is 39.2 Å². The van der Waals surface area contributed by atoms with Crippen LogP contribution in [0.2, 0.25) is 0 Å². The van der Waals surface area contributed by atoms with Gasteiger partial charge in [-0.1, -0.05) is 29.8 Å². The lowest BCUT2D eigenvalue weighted by molar-refractivity contribution is -0.126. The fraction of sp³-hybridized carbons (Fsp3) is 0.412. The van der Waals surface area contributed by atoms with Crippen LogP contribution in [0.3, 0.4) is 0 Å². The SMILES string of the molecule is Cc1ccc(-c2n[nH]c(=S)n2CCC(=O)NCC(=O)NC(C)C)cc1. The number of aromatic nitrogens is 3. The summed E-state index contributed by atoms with van der Waals surface area (Å²) in [5.41, 5.74) is 2.08. The Morgan fingerprint density at radius 1 is 1.24 bits per heavy atom. The molecule has 2 aromatic rings. The molecule has 7 nitrogen and oxygen atoms in total. The Balaban J connectivity index is 1.96. The standard InChI is InChI=1S/C17H23N5O2S/c1-11(2)19-15(24)10-18-14(23)8-9-22-16(20-21-17(22)25)13-6-4-12(3)5-7-13/h4-7,11H,8-10H2,1-3H3,(H,18,23)(H,19,24)(H,21,25). The zero-order valence-electron chi connectivity index (χ0n) is 14.6. The van der Waals surface area contributed by atoms with Crippen molar-refractivity contribution in [3.8, 4) is 11.4 Å². The summed E-state index contributed by atoms with van der Waals surface area (Å²) in [4.78, 5) is 23.5. The van der Waals surface area contributed by atoms with Crippen LogP contribution in [0.4, 0.5) is 0 Å². The molecule has 0 saturated carbocycles. The second-order valence-electron chi connectivity index (χ2n) is 6.12. The van der Waals surface area contributed by atoms with Gasteiger partial charge >= 0.3 is 0 Å². The Morgan fingerprint density at radius 3 is 2.56 bits per heavy atom. The molecule has 3 N–H and O–H groups in total. The van der Waals surface area contributed by atoms with Crippen LogP contribution in [0.5, 0.6) is 0 Å². The van der Waals surface area contributed by atoms with E-state index in [1.165, 1.54) is 0 Å². The van der Waals surface area contributed by atoms with Gasteiger partial charge in [0, 0.05) is 24.6 Å². The highest BCUT2D eigenvalue weighted by Crippen LogP contribution is 2.18. The van der Waals surface area contributed by atoms with Gasteiger partial charge in [0.05, 0.1) is 6.54 Å². The van der Waals surface area contributed by atoms with Crippen molar-refractivity contribution in [1.82, 2.24) is 25.4 Å². The molecule has 25 heavy (non-hydrogen) atoms. The summed E-state index contributed by atoms with van der Waals surface area (Å²) in [6.07, 6.45) is 0.210. The molecular weight excluding hydrogens is 338 g/mol. The van der Waals surface area contributed by atoms with E-state index in [1.807, 2.05) is 45.0 Å². The lowest BCUT2D eigenvalue weighted by Gasteiger charge is -2.10. The number of benzene rings is 1. The fourth-order valence-electron chi connectivity index (χ4n) is 2.30. The number of hydrogen-bond acceptors (Lipinski definition) is 4. The van der Waals surface area contributed by atoms with Crippen LogP contribution in [0.15, 0.2) is 24.3 Å². The summed E-state index contributed by atoms with van der Waals surface area (Å²) in [7, 11) is 0. The van der Waals surface area contributed by atoms with E-state index in [0.717, 1.165) is 11.1 Å². The molecule has 0 radical (unpaired) electrons. The minimum Gasteiger partial charge on any atom is -0.352 e. The Hall–Kier alpha value is -2.48. The predicted octanol–water partition coefficient (Wildman–Crippen LogP) is 1.95. The zero-order chi connectivity index (χ0) is 18.4. The van der Waals surface area contributed by atoms with E-state index in [4.69, 9.17) is 12.2 Å². The van der Waals surface area contributed by atoms with E-state index in [2.05, 4.69) is 20.8 Å². The summed E-state index contributed by atoms with van der Waals surface area (Å²) < 4.78 is 2.24. The van der Waals surface area contributed by atoms with Gasteiger partial charge in [-0.05, 0) is 33.0 Å². The predicted molar refractivity (Wildman–Crippen MR) is 98.5 cm³/mol. The van der Waals surface area contributed by atoms with Crippen LogP contribution < -0.4 is 10.6 Å². The third-order valence-electron chi connectivity index (χ3n) is 3.53. The van der Waals surface area contributed by atoms with Crippen molar-refractivity contribution in [2.75, 3.05) is 6.54 Å². The molecule has 0 spiro atoms. The Labute approximate surface area is 151 Å². The maximum atomic E-state index is 12.0. The van der Waals surface area contributed by atoms with Gasteiger partial charge in [0.1, 0.15) is 0 Å². The Morgan fingerprint density at radius 2 is 1.92 bits per heavy atom. The van der Waals surface area contributed by atoms with Crippen molar-refractivity contribution in [2.24, 2.45) is 0 Å². The van der Waals surface area contributed by atoms with Gasteiger partial charge in [-0.2, -0.15) is 5.10 Å². The maximum absolute atomic E-state index is 12.0. The van der Waals surface area contributed by atoms with Gasteiger partial charge in [-0.25, -0.2) is 0 Å². The number of hydrogen-bond donors (Lipinski definition) is 3. The fourth-order valence-corrected chi connectivity index (χ4v) is 2.53. The van der Waals surface area contributed by atoms with Gasteiger partial charge in [-0.3, -0.25) is 19.3 Å². The van der Waals surface area contributed by atoms with E-state index < -0.39 is 0 Å². The molecule has 0 saturated heterocycles. The minimum atomic E-state index is -0.211. The van der Waals surface area contributed by atoms with Gasteiger partial charge in [0.15, 0.2) is 10.6 Å². The minimum absolute atomic E-state index is 0.0291. The van der Waals surface area contributed by atoms with Crippen LogP contribution >= 0.6 is 12.2 Å². The van der Waals surface area contributed by atoms with Crippen LogP contribution in [0.1, 0.15) is 25.8 Å². The Kier molecular flexibility index (Phi) is 6.46. The van der Waals surface area contributed by atoms with Gasteiger partial charge in [0.25, 0.3) is 0 Å². The summed E-state index contributed by atoms with van der Waals surface area (Å²) >= 11 is 5.25. The average Bonchev–Trinajstić information content (AvgIpc) is 2.92. The average molecular weight is 361 g/mol. The quantitative estimate of drug-likeness (QED) is 0.657. The molecular formula is C17H23N5O2S. The zero-order valence-corrected chi connectivity index (χ0v) is 15.4.